The summed E-state index contributed by atoms with van der Waals surface area (Å²) >= 11 is 0. The largest absolute Gasteiger partial charge is 0.497 e. The highest BCUT2D eigenvalue weighted by molar-refractivity contribution is 5.52. The summed E-state index contributed by atoms with van der Waals surface area (Å²) in [4.78, 5) is 0. The lowest BCUT2D eigenvalue weighted by Gasteiger charge is -2.22. The first-order valence-corrected chi connectivity index (χ1v) is 5.42. The number of aliphatic hydroxyl groups excluding tert-OH is 1. The highest BCUT2D eigenvalue weighted by Gasteiger charge is 2.17. The van der Waals surface area contributed by atoms with Crippen LogP contribution in [0.3, 0.4) is 0 Å². The average Bonchev–Trinajstić information content (AvgIpc) is 2.35. The number of rotatable bonds is 4. The number of aryl methyl sites for hydroxylation is 1. The molecule has 1 N–H and O–H groups in total. The van der Waals surface area contributed by atoms with Gasteiger partial charge in [-0.15, -0.1) is 0 Å². The minimum Gasteiger partial charge on any atom is -0.497 e. The summed E-state index contributed by atoms with van der Waals surface area (Å²) in [5, 5.41) is 8.85. The molecule has 1 heterocycles. The van der Waals surface area contributed by atoms with Crippen LogP contribution < -0.4 is 14.2 Å². The van der Waals surface area contributed by atoms with Crippen LogP contribution in [0, 0.1) is 0 Å². The SMILES string of the molecule is COc1cc(CCCO)c2c(c1)OCCO2. The molecule has 88 valence electrons. The van der Waals surface area contributed by atoms with E-state index >= 15 is 0 Å². The van der Waals surface area contributed by atoms with E-state index in [4.69, 9.17) is 19.3 Å². The second-order valence-corrected chi connectivity index (χ2v) is 3.64. The Balaban J connectivity index is 2.31. The lowest BCUT2D eigenvalue weighted by Crippen LogP contribution is -2.16. The second kappa shape index (κ2) is 5.07. The third-order valence-electron chi connectivity index (χ3n) is 2.53. The Morgan fingerprint density at radius 1 is 1.31 bits per heavy atom. The second-order valence-electron chi connectivity index (χ2n) is 3.64. The molecule has 16 heavy (non-hydrogen) atoms. The van der Waals surface area contributed by atoms with Crippen molar-refractivity contribution in [2.75, 3.05) is 26.9 Å². The van der Waals surface area contributed by atoms with Crippen molar-refractivity contribution >= 4 is 0 Å². The van der Waals surface area contributed by atoms with E-state index < -0.39 is 0 Å². The van der Waals surface area contributed by atoms with Crippen molar-refractivity contribution in [3.63, 3.8) is 0 Å². The third kappa shape index (κ3) is 2.22. The Labute approximate surface area is 94.8 Å². The van der Waals surface area contributed by atoms with Crippen molar-refractivity contribution in [1.82, 2.24) is 0 Å². The van der Waals surface area contributed by atoms with E-state index in [0.717, 1.165) is 29.2 Å². The average molecular weight is 224 g/mol. The number of hydrogen-bond acceptors (Lipinski definition) is 4. The molecule has 1 aromatic carbocycles. The van der Waals surface area contributed by atoms with Crippen LogP contribution in [0.2, 0.25) is 0 Å². The van der Waals surface area contributed by atoms with E-state index in [1.165, 1.54) is 0 Å². The van der Waals surface area contributed by atoms with Gasteiger partial charge in [-0.25, -0.2) is 0 Å². The van der Waals surface area contributed by atoms with Crippen LogP contribution in [0.5, 0.6) is 17.2 Å². The summed E-state index contributed by atoms with van der Waals surface area (Å²) in [6, 6.07) is 3.76. The van der Waals surface area contributed by atoms with Crippen molar-refractivity contribution in [2.45, 2.75) is 12.8 Å². The van der Waals surface area contributed by atoms with Crippen LogP contribution >= 0.6 is 0 Å². The van der Waals surface area contributed by atoms with Gasteiger partial charge in [-0.1, -0.05) is 0 Å². The third-order valence-corrected chi connectivity index (χ3v) is 2.53. The van der Waals surface area contributed by atoms with Gasteiger partial charge in [-0.05, 0) is 18.9 Å². The molecular formula is C12H16O4. The van der Waals surface area contributed by atoms with E-state index in [-0.39, 0.29) is 6.61 Å². The van der Waals surface area contributed by atoms with E-state index in [0.29, 0.717) is 19.6 Å². The first kappa shape index (κ1) is 11.1. The fraction of sp³-hybridized carbons (Fsp3) is 0.500. The van der Waals surface area contributed by atoms with Crippen molar-refractivity contribution in [1.29, 1.82) is 0 Å². The van der Waals surface area contributed by atoms with Gasteiger partial charge in [0.2, 0.25) is 0 Å². The molecular weight excluding hydrogens is 208 g/mol. The van der Waals surface area contributed by atoms with Crippen LogP contribution in [0.1, 0.15) is 12.0 Å². The Morgan fingerprint density at radius 2 is 2.12 bits per heavy atom. The van der Waals surface area contributed by atoms with Crippen molar-refractivity contribution in [3.8, 4) is 17.2 Å². The molecule has 0 spiro atoms. The molecule has 0 saturated heterocycles. The summed E-state index contributed by atoms with van der Waals surface area (Å²) in [7, 11) is 1.63. The standard InChI is InChI=1S/C12H16O4/c1-14-10-7-9(3-2-4-13)12-11(8-10)15-5-6-16-12/h7-8,13H,2-6H2,1H3. The smallest absolute Gasteiger partial charge is 0.165 e. The quantitative estimate of drug-likeness (QED) is 0.839. The highest BCUT2D eigenvalue weighted by Crippen LogP contribution is 2.38. The van der Waals surface area contributed by atoms with Crippen LogP contribution in [-0.4, -0.2) is 32.0 Å². The zero-order valence-corrected chi connectivity index (χ0v) is 9.36. The summed E-state index contributed by atoms with van der Waals surface area (Å²) in [6.45, 7) is 1.32. The number of hydrogen-bond donors (Lipinski definition) is 1. The van der Waals surface area contributed by atoms with E-state index in [1.54, 1.807) is 7.11 Å². The van der Waals surface area contributed by atoms with Gasteiger partial charge in [0.05, 0.1) is 7.11 Å². The van der Waals surface area contributed by atoms with Crippen molar-refractivity contribution in [2.24, 2.45) is 0 Å². The fourth-order valence-electron chi connectivity index (χ4n) is 1.77. The molecule has 0 amide bonds. The van der Waals surface area contributed by atoms with Gasteiger partial charge in [0.25, 0.3) is 0 Å². The summed E-state index contributed by atoms with van der Waals surface area (Å²) < 4.78 is 16.3. The van der Waals surface area contributed by atoms with Crippen molar-refractivity contribution in [3.05, 3.63) is 17.7 Å². The molecule has 4 nitrogen and oxygen atoms in total. The number of fused-ring (bicyclic) bond motifs is 1. The Hall–Kier alpha value is -1.42. The monoisotopic (exact) mass is 224 g/mol. The van der Waals surface area contributed by atoms with Crippen LogP contribution in [0.4, 0.5) is 0 Å². The van der Waals surface area contributed by atoms with Gasteiger partial charge in [0.15, 0.2) is 11.5 Å². The van der Waals surface area contributed by atoms with Crippen LogP contribution in [0.25, 0.3) is 0 Å². The zero-order valence-electron chi connectivity index (χ0n) is 9.36. The molecule has 0 atom stereocenters. The Kier molecular flexibility index (Phi) is 3.51. The molecule has 0 aliphatic carbocycles. The number of aliphatic hydroxyl groups is 1. The first-order chi connectivity index (χ1) is 7.85. The lowest BCUT2D eigenvalue weighted by atomic mass is 10.1. The minimum atomic E-state index is 0.173. The molecule has 1 aliphatic rings. The van der Waals surface area contributed by atoms with Gasteiger partial charge in [0.1, 0.15) is 19.0 Å². The maximum absolute atomic E-state index is 8.85. The molecule has 0 aromatic heterocycles. The minimum absolute atomic E-state index is 0.173. The van der Waals surface area contributed by atoms with Gasteiger partial charge in [-0.2, -0.15) is 0 Å². The maximum Gasteiger partial charge on any atom is 0.165 e. The molecule has 0 bridgehead atoms. The molecule has 0 saturated carbocycles. The lowest BCUT2D eigenvalue weighted by molar-refractivity contribution is 0.168. The zero-order chi connectivity index (χ0) is 11.4. The Morgan fingerprint density at radius 3 is 2.88 bits per heavy atom. The molecule has 0 unspecified atom stereocenters. The summed E-state index contributed by atoms with van der Waals surface area (Å²) in [5.74, 6) is 2.29. The fourth-order valence-corrected chi connectivity index (χ4v) is 1.77. The molecule has 2 rings (SSSR count). The predicted octanol–water partition coefficient (Wildman–Crippen LogP) is 1.39. The maximum atomic E-state index is 8.85. The predicted molar refractivity (Wildman–Crippen MR) is 59.4 cm³/mol. The number of benzene rings is 1. The van der Waals surface area contributed by atoms with Gasteiger partial charge < -0.3 is 19.3 Å². The topological polar surface area (TPSA) is 47.9 Å². The first-order valence-electron chi connectivity index (χ1n) is 5.42. The van der Waals surface area contributed by atoms with E-state index in [1.807, 2.05) is 12.1 Å². The van der Waals surface area contributed by atoms with Gasteiger partial charge in [-0.3, -0.25) is 0 Å². The van der Waals surface area contributed by atoms with Crippen LogP contribution in [0.15, 0.2) is 12.1 Å². The summed E-state index contributed by atoms with van der Waals surface area (Å²) in [5.41, 5.74) is 1.03. The molecule has 0 fully saturated rings. The Bertz CT molecular complexity index is 362. The van der Waals surface area contributed by atoms with Gasteiger partial charge in [0, 0.05) is 18.2 Å². The van der Waals surface area contributed by atoms with Crippen molar-refractivity contribution < 1.29 is 19.3 Å². The molecule has 4 heteroatoms. The van der Waals surface area contributed by atoms with E-state index in [9.17, 15) is 0 Å². The number of methoxy groups -OCH3 is 1. The normalized spacial score (nSPS) is 13.6. The molecule has 0 radical (unpaired) electrons. The van der Waals surface area contributed by atoms with E-state index in [2.05, 4.69) is 0 Å². The highest BCUT2D eigenvalue weighted by atomic mass is 16.6. The van der Waals surface area contributed by atoms with Gasteiger partial charge >= 0.3 is 0 Å². The summed E-state index contributed by atoms with van der Waals surface area (Å²) in [6.07, 6.45) is 1.47. The molecule has 1 aliphatic heterocycles. The van der Waals surface area contributed by atoms with Crippen LogP contribution in [-0.2, 0) is 6.42 Å². The molecule has 1 aromatic rings. The number of ether oxygens (including phenoxy) is 3.